The molecule has 1 spiro atoms. The van der Waals surface area contributed by atoms with E-state index in [1.165, 1.54) is 5.69 Å². The Kier molecular flexibility index (Phi) is 5.40. The molecule has 2 amide bonds. The molecule has 0 aliphatic carbocycles. The molecule has 0 saturated carbocycles. The van der Waals surface area contributed by atoms with Gasteiger partial charge in [-0.15, -0.1) is 0 Å². The van der Waals surface area contributed by atoms with Crippen molar-refractivity contribution in [1.82, 2.24) is 5.01 Å². The molecule has 174 valence electrons. The van der Waals surface area contributed by atoms with Gasteiger partial charge in [-0.1, -0.05) is 0 Å². The first-order valence-electron chi connectivity index (χ1n) is 11.2. The van der Waals surface area contributed by atoms with Gasteiger partial charge in [0.25, 0.3) is 0 Å². The molecule has 3 aliphatic heterocycles. The predicted molar refractivity (Wildman–Crippen MR) is 128 cm³/mol. The van der Waals surface area contributed by atoms with Gasteiger partial charge in [0.05, 0.1) is 45.1 Å². The third-order valence-electron chi connectivity index (χ3n) is 6.85. The SMILES string of the molecule is COc1cc2c(cc1OC)C[C@H](C)N(C(=O)N(C)c1ccc(N3CC4(COC4)C3)cc1)N=C2. The van der Waals surface area contributed by atoms with Crippen LogP contribution in [0.4, 0.5) is 16.2 Å². The lowest BCUT2D eigenvalue weighted by molar-refractivity contribution is -0.127. The van der Waals surface area contributed by atoms with E-state index in [1.807, 2.05) is 31.2 Å². The predicted octanol–water partition coefficient (Wildman–Crippen LogP) is 3.38. The normalized spacial score (nSPS) is 20.4. The number of urea groups is 1. The van der Waals surface area contributed by atoms with Crippen molar-refractivity contribution < 1.29 is 19.0 Å². The first-order chi connectivity index (χ1) is 15.9. The summed E-state index contributed by atoms with van der Waals surface area (Å²) in [4.78, 5) is 17.3. The summed E-state index contributed by atoms with van der Waals surface area (Å²) in [5.41, 5.74) is 4.37. The van der Waals surface area contributed by atoms with Crippen LogP contribution < -0.4 is 19.3 Å². The van der Waals surface area contributed by atoms with Crippen LogP contribution in [-0.4, -0.2) is 70.9 Å². The lowest BCUT2D eigenvalue weighted by Crippen LogP contribution is -2.66. The second-order valence-electron chi connectivity index (χ2n) is 9.26. The average Bonchev–Trinajstić information content (AvgIpc) is 2.93. The van der Waals surface area contributed by atoms with E-state index in [9.17, 15) is 4.79 Å². The number of rotatable bonds is 4. The number of nitrogens with zero attached hydrogens (tertiary/aromatic N) is 4. The smallest absolute Gasteiger partial charge is 0.344 e. The van der Waals surface area contributed by atoms with Gasteiger partial charge in [-0.05, 0) is 55.3 Å². The lowest BCUT2D eigenvalue weighted by atomic mass is 9.78. The third-order valence-corrected chi connectivity index (χ3v) is 6.85. The molecule has 8 nitrogen and oxygen atoms in total. The molecule has 8 heteroatoms. The van der Waals surface area contributed by atoms with Crippen molar-refractivity contribution >= 4 is 23.6 Å². The molecule has 1 atom stereocenters. The molecule has 2 saturated heterocycles. The molecule has 2 aromatic rings. The second kappa shape index (κ2) is 8.26. The zero-order chi connectivity index (χ0) is 23.2. The maximum atomic E-state index is 13.3. The van der Waals surface area contributed by atoms with Crippen LogP contribution in [0.2, 0.25) is 0 Å². The highest BCUT2D eigenvalue weighted by atomic mass is 16.5. The molecule has 5 rings (SSSR count). The summed E-state index contributed by atoms with van der Waals surface area (Å²) in [7, 11) is 5.02. The number of hydrogen-bond donors (Lipinski definition) is 0. The highest BCUT2D eigenvalue weighted by Crippen LogP contribution is 2.40. The topological polar surface area (TPSA) is 66.8 Å². The van der Waals surface area contributed by atoms with Crippen molar-refractivity contribution in [2.24, 2.45) is 10.5 Å². The number of hydrogen-bond acceptors (Lipinski definition) is 6. The fraction of sp³-hybridized carbons (Fsp3) is 0.440. The summed E-state index contributed by atoms with van der Waals surface area (Å²) >= 11 is 0. The van der Waals surface area contributed by atoms with Crippen molar-refractivity contribution in [2.75, 3.05) is 57.4 Å². The summed E-state index contributed by atoms with van der Waals surface area (Å²) in [5, 5.41) is 6.07. The zero-order valence-corrected chi connectivity index (χ0v) is 19.6. The minimum atomic E-state index is -0.173. The van der Waals surface area contributed by atoms with Gasteiger partial charge in [-0.3, -0.25) is 4.90 Å². The molecule has 0 N–H and O–H groups in total. The van der Waals surface area contributed by atoms with E-state index in [2.05, 4.69) is 22.1 Å². The number of anilines is 2. The van der Waals surface area contributed by atoms with Gasteiger partial charge < -0.3 is 19.1 Å². The number of ether oxygens (including phenoxy) is 3. The number of methoxy groups -OCH3 is 2. The standard InChI is InChI=1S/C25H30N4O4/c1-17-9-18-10-22(31-3)23(32-4)11-19(18)12-26-29(17)24(30)27(2)20-5-7-21(8-6-20)28-13-25(14-28)15-33-16-25/h5-8,10-12,17H,9,13-16H2,1-4H3/t17-/m0/s1. The van der Waals surface area contributed by atoms with Gasteiger partial charge in [0.1, 0.15) is 0 Å². The van der Waals surface area contributed by atoms with Crippen molar-refractivity contribution in [3.63, 3.8) is 0 Å². The largest absolute Gasteiger partial charge is 0.493 e. The zero-order valence-electron chi connectivity index (χ0n) is 19.6. The van der Waals surface area contributed by atoms with E-state index in [0.717, 1.165) is 43.1 Å². The van der Waals surface area contributed by atoms with Gasteiger partial charge >= 0.3 is 6.03 Å². The number of carbonyl (C=O) groups is 1. The van der Waals surface area contributed by atoms with E-state index in [-0.39, 0.29) is 12.1 Å². The van der Waals surface area contributed by atoms with E-state index in [1.54, 1.807) is 37.4 Å². The molecule has 3 heterocycles. The van der Waals surface area contributed by atoms with Gasteiger partial charge in [0, 0.05) is 37.1 Å². The van der Waals surface area contributed by atoms with Crippen LogP contribution in [0.3, 0.4) is 0 Å². The Hall–Kier alpha value is -3.26. The van der Waals surface area contributed by atoms with Crippen molar-refractivity contribution in [3.8, 4) is 11.5 Å². The maximum absolute atomic E-state index is 13.3. The summed E-state index contributed by atoms with van der Waals surface area (Å²) in [6.07, 6.45) is 2.38. The first kappa shape index (κ1) is 21.6. The Morgan fingerprint density at radius 3 is 2.39 bits per heavy atom. The van der Waals surface area contributed by atoms with Crippen LogP contribution in [0.5, 0.6) is 11.5 Å². The molecule has 0 radical (unpaired) electrons. The van der Waals surface area contributed by atoms with Crippen molar-refractivity contribution in [1.29, 1.82) is 0 Å². The highest BCUT2D eigenvalue weighted by Gasteiger charge is 2.49. The van der Waals surface area contributed by atoms with Crippen LogP contribution in [0.1, 0.15) is 18.1 Å². The second-order valence-corrected chi connectivity index (χ2v) is 9.26. The Balaban J connectivity index is 1.29. The molecular formula is C25H30N4O4. The van der Waals surface area contributed by atoms with Crippen LogP contribution in [0.15, 0.2) is 41.5 Å². The number of fused-ring (bicyclic) bond motifs is 1. The fourth-order valence-corrected chi connectivity index (χ4v) is 4.79. The van der Waals surface area contributed by atoms with Gasteiger partial charge in [-0.25, -0.2) is 9.80 Å². The van der Waals surface area contributed by atoms with Crippen molar-refractivity contribution in [3.05, 3.63) is 47.5 Å². The number of amides is 2. The summed E-state index contributed by atoms with van der Waals surface area (Å²) < 4.78 is 16.2. The van der Waals surface area contributed by atoms with E-state index in [4.69, 9.17) is 14.2 Å². The van der Waals surface area contributed by atoms with Crippen LogP contribution in [-0.2, 0) is 11.2 Å². The Bertz CT molecular complexity index is 1070. The van der Waals surface area contributed by atoms with Gasteiger partial charge in [0.15, 0.2) is 11.5 Å². The van der Waals surface area contributed by atoms with Gasteiger partial charge in [-0.2, -0.15) is 5.10 Å². The quantitative estimate of drug-likeness (QED) is 0.715. The summed E-state index contributed by atoms with van der Waals surface area (Å²) in [5.74, 6) is 1.32. The van der Waals surface area contributed by atoms with E-state index < -0.39 is 0 Å². The fourth-order valence-electron chi connectivity index (χ4n) is 4.79. The number of hydrazone groups is 1. The molecular weight excluding hydrogens is 420 g/mol. The molecule has 2 aromatic carbocycles. The van der Waals surface area contributed by atoms with Gasteiger partial charge in [0.2, 0.25) is 0 Å². The third kappa shape index (κ3) is 3.78. The lowest BCUT2D eigenvalue weighted by Gasteiger charge is -2.56. The minimum Gasteiger partial charge on any atom is -0.493 e. The Morgan fingerprint density at radius 1 is 1.12 bits per heavy atom. The number of benzene rings is 2. The molecule has 3 aliphatic rings. The van der Waals surface area contributed by atoms with Crippen molar-refractivity contribution in [2.45, 2.75) is 19.4 Å². The molecule has 0 unspecified atom stereocenters. The molecule has 0 aromatic heterocycles. The van der Waals surface area contributed by atoms with Crippen LogP contribution >= 0.6 is 0 Å². The summed E-state index contributed by atoms with van der Waals surface area (Å²) in [6, 6.07) is 11.7. The van der Waals surface area contributed by atoms with Crippen LogP contribution in [0, 0.1) is 5.41 Å². The minimum absolute atomic E-state index is 0.114. The Labute approximate surface area is 194 Å². The van der Waals surface area contributed by atoms with Crippen LogP contribution in [0.25, 0.3) is 0 Å². The molecule has 33 heavy (non-hydrogen) atoms. The van der Waals surface area contributed by atoms with E-state index in [0.29, 0.717) is 23.3 Å². The molecule has 2 fully saturated rings. The first-order valence-corrected chi connectivity index (χ1v) is 11.2. The van der Waals surface area contributed by atoms with E-state index >= 15 is 0 Å². The molecule has 0 bridgehead atoms. The maximum Gasteiger partial charge on any atom is 0.344 e. The number of carbonyl (C=O) groups excluding carboxylic acids is 1. The summed E-state index contributed by atoms with van der Waals surface area (Å²) in [6.45, 7) is 5.82. The average molecular weight is 451 g/mol. The Morgan fingerprint density at radius 2 is 1.79 bits per heavy atom. The highest BCUT2D eigenvalue weighted by molar-refractivity contribution is 5.93. The monoisotopic (exact) mass is 450 g/mol.